The van der Waals surface area contributed by atoms with E-state index in [1.807, 2.05) is 12.3 Å². The molecule has 0 spiro atoms. The molecule has 0 radical (unpaired) electrons. The van der Waals surface area contributed by atoms with Crippen molar-refractivity contribution >= 4 is 0 Å². The van der Waals surface area contributed by atoms with Gasteiger partial charge in [-0.1, -0.05) is 31.9 Å². The third-order valence-corrected chi connectivity index (χ3v) is 2.86. The predicted octanol–water partition coefficient (Wildman–Crippen LogP) is 4.98. The molecule has 0 unspecified atom stereocenters. The zero-order valence-electron chi connectivity index (χ0n) is 10.8. The molecule has 90 valence electrons. The Bertz CT molecular complexity index is 293. The molecule has 0 fully saturated rings. The summed E-state index contributed by atoms with van der Waals surface area (Å²) in [5.74, 6) is 0.832. The van der Waals surface area contributed by atoms with Crippen LogP contribution in [-0.2, 0) is 6.42 Å². The molecular formula is C15H24O. The minimum atomic E-state index is 0.832. The largest absolute Gasteiger partial charge is 0.472 e. The van der Waals surface area contributed by atoms with Crippen LogP contribution in [0.2, 0.25) is 0 Å². The Morgan fingerprint density at radius 2 is 2.25 bits per heavy atom. The summed E-state index contributed by atoms with van der Waals surface area (Å²) in [7, 11) is 0. The minimum absolute atomic E-state index is 0.832. The van der Waals surface area contributed by atoms with Crippen LogP contribution < -0.4 is 0 Å². The summed E-state index contributed by atoms with van der Waals surface area (Å²) in [6.07, 6.45) is 12.1. The molecule has 1 heterocycles. The highest BCUT2D eigenvalue weighted by Gasteiger charge is 1.96. The van der Waals surface area contributed by atoms with Gasteiger partial charge < -0.3 is 4.42 Å². The fraction of sp³-hybridized carbons (Fsp3) is 0.600. The zero-order chi connectivity index (χ0) is 11.8. The van der Waals surface area contributed by atoms with Gasteiger partial charge in [0.25, 0.3) is 0 Å². The average Bonchev–Trinajstić information content (AvgIpc) is 2.70. The van der Waals surface area contributed by atoms with Crippen LogP contribution in [0.1, 0.15) is 52.0 Å². The van der Waals surface area contributed by atoms with Crippen molar-refractivity contribution in [3.05, 3.63) is 35.8 Å². The van der Waals surface area contributed by atoms with Crippen LogP contribution >= 0.6 is 0 Å². The lowest BCUT2D eigenvalue weighted by Crippen LogP contribution is -1.88. The summed E-state index contributed by atoms with van der Waals surface area (Å²) in [5.41, 5.74) is 2.83. The molecule has 0 saturated heterocycles. The van der Waals surface area contributed by atoms with E-state index in [1.54, 1.807) is 6.26 Å². The van der Waals surface area contributed by atoms with E-state index in [-0.39, 0.29) is 0 Å². The Balaban J connectivity index is 2.13. The van der Waals surface area contributed by atoms with Crippen LogP contribution in [0.25, 0.3) is 0 Å². The van der Waals surface area contributed by atoms with Gasteiger partial charge in [0.2, 0.25) is 0 Å². The van der Waals surface area contributed by atoms with E-state index in [4.69, 9.17) is 4.42 Å². The maximum atomic E-state index is 5.04. The van der Waals surface area contributed by atoms with Gasteiger partial charge in [0.15, 0.2) is 0 Å². The van der Waals surface area contributed by atoms with Crippen molar-refractivity contribution < 1.29 is 4.42 Å². The van der Waals surface area contributed by atoms with E-state index in [0.29, 0.717) is 0 Å². The Morgan fingerprint density at radius 3 is 2.88 bits per heavy atom. The smallest absolute Gasteiger partial charge is 0.0934 e. The van der Waals surface area contributed by atoms with Crippen LogP contribution in [-0.4, -0.2) is 0 Å². The summed E-state index contributed by atoms with van der Waals surface area (Å²) < 4.78 is 5.04. The number of hydrogen-bond donors (Lipinski definition) is 0. The van der Waals surface area contributed by atoms with Gasteiger partial charge >= 0.3 is 0 Å². The molecule has 0 saturated carbocycles. The van der Waals surface area contributed by atoms with Gasteiger partial charge in [0.1, 0.15) is 0 Å². The van der Waals surface area contributed by atoms with E-state index >= 15 is 0 Å². The van der Waals surface area contributed by atoms with Crippen molar-refractivity contribution in [2.75, 3.05) is 0 Å². The quantitative estimate of drug-likeness (QED) is 0.590. The van der Waals surface area contributed by atoms with Crippen LogP contribution in [0.5, 0.6) is 0 Å². The highest BCUT2D eigenvalue weighted by atomic mass is 16.3. The second kappa shape index (κ2) is 7.32. The lowest BCUT2D eigenvalue weighted by Gasteiger charge is -2.04. The van der Waals surface area contributed by atoms with E-state index in [2.05, 4.69) is 26.8 Å². The zero-order valence-corrected chi connectivity index (χ0v) is 10.8. The number of allylic oxidation sites excluding steroid dienone is 2. The van der Waals surface area contributed by atoms with Crippen LogP contribution in [0.3, 0.4) is 0 Å². The summed E-state index contributed by atoms with van der Waals surface area (Å²) in [6.45, 7) is 6.82. The second-order valence-electron chi connectivity index (χ2n) is 5.01. The molecule has 1 rings (SSSR count). The molecule has 1 aromatic heterocycles. The van der Waals surface area contributed by atoms with Gasteiger partial charge in [-0.05, 0) is 50.2 Å². The Kier molecular flexibility index (Phi) is 5.99. The number of furan rings is 1. The monoisotopic (exact) mass is 220 g/mol. The molecule has 1 aromatic rings. The first-order valence-electron chi connectivity index (χ1n) is 6.35. The maximum absolute atomic E-state index is 5.04. The standard InChI is InChI=1S/C15H24O/c1-13(2)6-4-7-14(3)8-5-9-15-10-11-16-12-15/h8,10-13H,4-7,9H2,1-3H3/b14-8+. The van der Waals surface area contributed by atoms with E-state index in [0.717, 1.165) is 18.8 Å². The van der Waals surface area contributed by atoms with Gasteiger partial charge in [-0.3, -0.25) is 0 Å². The summed E-state index contributed by atoms with van der Waals surface area (Å²) in [4.78, 5) is 0. The molecule has 16 heavy (non-hydrogen) atoms. The van der Waals surface area contributed by atoms with Crippen LogP contribution in [0, 0.1) is 5.92 Å². The van der Waals surface area contributed by atoms with Gasteiger partial charge in [0.05, 0.1) is 12.5 Å². The first kappa shape index (κ1) is 13.1. The summed E-state index contributed by atoms with van der Waals surface area (Å²) in [6, 6.07) is 2.04. The molecule has 0 N–H and O–H groups in total. The molecule has 0 amide bonds. The summed E-state index contributed by atoms with van der Waals surface area (Å²) in [5, 5.41) is 0. The van der Waals surface area contributed by atoms with E-state index < -0.39 is 0 Å². The molecule has 0 aliphatic carbocycles. The number of aryl methyl sites for hydroxylation is 1. The minimum Gasteiger partial charge on any atom is -0.472 e. The SMILES string of the molecule is C/C(=C\CCc1ccoc1)CCCC(C)C. The highest BCUT2D eigenvalue weighted by Crippen LogP contribution is 2.13. The molecule has 0 aliphatic heterocycles. The first-order chi connectivity index (χ1) is 7.68. The topological polar surface area (TPSA) is 13.1 Å². The predicted molar refractivity (Wildman–Crippen MR) is 69.5 cm³/mol. The Hall–Kier alpha value is -0.980. The highest BCUT2D eigenvalue weighted by molar-refractivity contribution is 5.07. The second-order valence-corrected chi connectivity index (χ2v) is 5.01. The van der Waals surface area contributed by atoms with Gasteiger partial charge in [0, 0.05) is 0 Å². The van der Waals surface area contributed by atoms with Crippen molar-refractivity contribution in [3.8, 4) is 0 Å². The van der Waals surface area contributed by atoms with Crippen molar-refractivity contribution in [2.45, 2.75) is 52.9 Å². The fourth-order valence-electron chi connectivity index (χ4n) is 1.81. The van der Waals surface area contributed by atoms with Crippen LogP contribution in [0.4, 0.5) is 0 Å². The van der Waals surface area contributed by atoms with Crippen molar-refractivity contribution in [1.29, 1.82) is 0 Å². The molecule has 1 heteroatoms. The lowest BCUT2D eigenvalue weighted by molar-refractivity contribution is 0.554. The van der Waals surface area contributed by atoms with Crippen LogP contribution in [0.15, 0.2) is 34.7 Å². The fourth-order valence-corrected chi connectivity index (χ4v) is 1.81. The van der Waals surface area contributed by atoms with Crippen molar-refractivity contribution in [1.82, 2.24) is 0 Å². The Labute approximate surface area is 99.6 Å². The first-order valence-corrected chi connectivity index (χ1v) is 6.35. The van der Waals surface area contributed by atoms with Crippen molar-refractivity contribution in [3.63, 3.8) is 0 Å². The molecular weight excluding hydrogens is 196 g/mol. The third kappa shape index (κ3) is 5.79. The van der Waals surface area contributed by atoms with E-state index in [9.17, 15) is 0 Å². The number of rotatable bonds is 7. The molecule has 0 bridgehead atoms. The normalized spacial score (nSPS) is 12.4. The van der Waals surface area contributed by atoms with Crippen molar-refractivity contribution in [2.24, 2.45) is 5.92 Å². The molecule has 1 nitrogen and oxygen atoms in total. The lowest BCUT2D eigenvalue weighted by atomic mass is 10.0. The average molecular weight is 220 g/mol. The number of hydrogen-bond acceptors (Lipinski definition) is 1. The van der Waals surface area contributed by atoms with Gasteiger partial charge in [-0.2, -0.15) is 0 Å². The third-order valence-electron chi connectivity index (χ3n) is 2.86. The Morgan fingerprint density at radius 1 is 1.44 bits per heavy atom. The van der Waals surface area contributed by atoms with E-state index in [1.165, 1.54) is 30.4 Å². The summed E-state index contributed by atoms with van der Waals surface area (Å²) >= 11 is 0. The molecule has 0 aromatic carbocycles. The van der Waals surface area contributed by atoms with Gasteiger partial charge in [-0.15, -0.1) is 0 Å². The van der Waals surface area contributed by atoms with Gasteiger partial charge in [-0.25, -0.2) is 0 Å². The maximum Gasteiger partial charge on any atom is 0.0934 e. The molecule has 0 aliphatic rings. The molecule has 0 atom stereocenters.